The number of cyclic esters (lactones) is 1. The van der Waals surface area contributed by atoms with E-state index in [1.165, 1.54) is 21.1 Å². The predicted octanol–water partition coefficient (Wildman–Crippen LogP) is 4.14. The quantitative estimate of drug-likeness (QED) is 0.350. The number of ether oxygens (including phenoxy) is 5. The highest BCUT2D eigenvalue weighted by atomic mass is 35.5. The number of hydrogen-bond acceptors (Lipinski definition) is 9. The lowest BCUT2D eigenvalue weighted by atomic mass is 9.73. The molecule has 1 amide bonds. The number of benzene rings is 2. The van der Waals surface area contributed by atoms with Crippen molar-refractivity contribution >= 4 is 23.5 Å². The molecule has 2 aromatic carbocycles. The predicted molar refractivity (Wildman–Crippen MR) is 140 cm³/mol. The van der Waals surface area contributed by atoms with Crippen molar-refractivity contribution in [2.75, 3.05) is 27.6 Å². The van der Waals surface area contributed by atoms with Crippen molar-refractivity contribution in [2.45, 2.75) is 19.4 Å². The van der Waals surface area contributed by atoms with Gasteiger partial charge in [0.25, 0.3) is 5.91 Å². The van der Waals surface area contributed by atoms with Gasteiger partial charge in [0.2, 0.25) is 12.5 Å². The minimum atomic E-state index is -0.621. The fourth-order valence-electron chi connectivity index (χ4n) is 5.02. The lowest BCUT2D eigenvalue weighted by Crippen LogP contribution is -2.41. The van der Waals surface area contributed by atoms with E-state index >= 15 is 0 Å². The zero-order valence-electron chi connectivity index (χ0n) is 21.8. The van der Waals surface area contributed by atoms with Gasteiger partial charge in [0.15, 0.2) is 23.0 Å². The number of carbonyl (C=O) groups excluding carboxylic acids is 2. The van der Waals surface area contributed by atoms with E-state index in [9.17, 15) is 19.1 Å². The number of pyridine rings is 1. The van der Waals surface area contributed by atoms with Crippen LogP contribution >= 0.6 is 11.6 Å². The molecule has 6 rings (SSSR count). The molecule has 0 spiro atoms. The van der Waals surface area contributed by atoms with Crippen molar-refractivity contribution < 1.29 is 42.8 Å². The third-order valence-corrected chi connectivity index (χ3v) is 7.40. The molecule has 1 fully saturated rings. The van der Waals surface area contributed by atoms with Crippen LogP contribution in [0.15, 0.2) is 36.4 Å². The van der Waals surface area contributed by atoms with Gasteiger partial charge in [-0.15, -0.1) is 0 Å². The number of fused-ring (bicyclic) bond motifs is 3. The maximum absolute atomic E-state index is 14.0. The van der Waals surface area contributed by atoms with Crippen LogP contribution in [0.1, 0.15) is 33.2 Å². The Hall–Kier alpha value is -4.25. The third-order valence-electron chi connectivity index (χ3n) is 7.11. The summed E-state index contributed by atoms with van der Waals surface area (Å²) in [6.45, 7) is 1.78. The zero-order valence-corrected chi connectivity index (χ0v) is 22.6. The van der Waals surface area contributed by atoms with E-state index in [0.717, 1.165) is 17.2 Å². The van der Waals surface area contributed by atoms with E-state index in [2.05, 4.69) is 10.3 Å². The molecule has 210 valence electrons. The van der Waals surface area contributed by atoms with Crippen LogP contribution in [0.2, 0.25) is 5.15 Å². The van der Waals surface area contributed by atoms with Crippen LogP contribution in [0.4, 0.5) is 4.39 Å². The Kier molecular flexibility index (Phi) is 7.57. The Morgan fingerprint density at radius 2 is 1.80 bits per heavy atom. The van der Waals surface area contributed by atoms with Crippen molar-refractivity contribution in [1.82, 2.24) is 10.3 Å². The number of rotatable bonds is 4. The molecule has 12 heteroatoms. The Labute approximate surface area is 233 Å². The van der Waals surface area contributed by atoms with Gasteiger partial charge in [-0.05, 0) is 54.8 Å². The number of carbonyl (C=O) groups is 2. The SMILES string of the molecule is COc1cccc(OC)c1O.Cc1nc(Cl)c(C(=O)NC2c3cc4c(cc3C[C@H]3C(=O)OCC23)OCO4)cc1F. The van der Waals surface area contributed by atoms with Crippen LogP contribution < -0.4 is 24.3 Å². The molecule has 0 saturated carbocycles. The molecule has 2 N–H and O–H groups in total. The van der Waals surface area contributed by atoms with Crippen molar-refractivity contribution in [3.8, 4) is 28.7 Å². The van der Waals surface area contributed by atoms with Gasteiger partial charge in [-0.1, -0.05) is 17.7 Å². The smallest absolute Gasteiger partial charge is 0.309 e. The zero-order chi connectivity index (χ0) is 28.6. The summed E-state index contributed by atoms with van der Waals surface area (Å²) in [4.78, 5) is 29.0. The Morgan fingerprint density at radius 3 is 2.48 bits per heavy atom. The average molecular weight is 573 g/mol. The summed E-state index contributed by atoms with van der Waals surface area (Å²) in [6.07, 6.45) is 0.489. The van der Waals surface area contributed by atoms with Crippen molar-refractivity contribution in [3.05, 3.63) is 69.8 Å². The minimum Gasteiger partial charge on any atom is -0.502 e. The average Bonchev–Trinajstić information content (AvgIpc) is 3.56. The summed E-state index contributed by atoms with van der Waals surface area (Å²) in [5.41, 5.74) is 1.74. The van der Waals surface area contributed by atoms with Gasteiger partial charge in [-0.3, -0.25) is 9.59 Å². The van der Waals surface area contributed by atoms with Crippen LogP contribution in [0.5, 0.6) is 28.7 Å². The van der Waals surface area contributed by atoms with E-state index in [0.29, 0.717) is 29.4 Å². The molecule has 1 saturated heterocycles. The van der Waals surface area contributed by atoms with Gasteiger partial charge in [0.05, 0.1) is 44.0 Å². The van der Waals surface area contributed by atoms with E-state index in [1.54, 1.807) is 18.2 Å². The summed E-state index contributed by atoms with van der Waals surface area (Å²) < 4.78 is 39.8. The van der Waals surface area contributed by atoms with Crippen LogP contribution in [0, 0.1) is 24.6 Å². The molecule has 3 aromatic rings. The first-order valence-corrected chi connectivity index (χ1v) is 12.7. The summed E-state index contributed by atoms with van der Waals surface area (Å²) in [5.74, 6) is -0.0544. The first-order valence-electron chi connectivity index (χ1n) is 12.3. The number of phenols is 1. The molecule has 40 heavy (non-hydrogen) atoms. The largest absolute Gasteiger partial charge is 0.502 e. The molecule has 3 aliphatic rings. The molecule has 1 aliphatic carbocycles. The van der Waals surface area contributed by atoms with Gasteiger partial charge in [0.1, 0.15) is 11.0 Å². The molecule has 2 aliphatic heterocycles. The normalized spacial score (nSPS) is 19.9. The molecule has 1 aromatic heterocycles. The highest BCUT2D eigenvalue weighted by molar-refractivity contribution is 6.32. The van der Waals surface area contributed by atoms with Gasteiger partial charge < -0.3 is 34.1 Å². The number of nitrogens with zero attached hydrogens (tertiary/aromatic N) is 1. The maximum atomic E-state index is 14.0. The van der Waals surface area contributed by atoms with Gasteiger partial charge in [-0.2, -0.15) is 0 Å². The van der Waals surface area contributed by atoms with Crippen molar-refractivity contribution in [1.29, 1.82) is 0 Å². The second kappa shape index (κ2) is 11.1. The Bertz CT molecular complexity index is 1460. The van der Waals surface area contributed by atoms with E-state index in [4.69, 9.17) is 35.3 Å². The van der Waals surface area contributed by atoms with Crippen LogP contribution in [-0.2, 0) is 16.0 Å². The Balaban J connectivity index is 0.000000248. The highest BCUT2D eigenvalue weighted by Crippen LogP contribution is 2.47. The van der Waals surface area contributed by atoms with E-state index < -0.39 is 17.8 Å². The second-order valence-electron chi connectivity index (χ2n) is 9.37. The number of phenolic OH excluding ortho intramolecular Hbond substituents is 1. The molecule has 2 unspecified atom stereocenters. The summed E-state index contributed by atoms with van der Waals surface area (Å²) in [7, 11) is 2.99. The fourth-order valence-corrected chi connectivity index (χ4v) is 5.29. The first-order chi connectivity index (χ1) is 19.2. The van der Waals surface area contributed by atoms with Gasteiger partial charge in [-0.25, -0.2) is 9.37 Å². The van der Waals surface area contributed by atoms with E-state index in [1.807, 2.05) is 12.1 Å². The number of aryl methyl sites for hydroxylation is 1. The molecule has 10 nitrogen and oxygen atoms in total. The molecule has 3 atom stereocenters. The topological polar surface area (TPSA) is 125 Å². The molecule has 0 bridgehead atoms. The fraction of sp³-hybridized carbons (Fsp3) is 0.321. The standard InChI is InChI=1S/C20H16ClFN2O5.C8H10O3/c1-8-14(22)4-12(18(21)23-8)19(25)24-17-10-5-16-15(28-7-29-16)3-9(10)2-11-13(17)6-27-20(11)26;1-10-6-4-3-5-7(11-2)8(6)9/h3-5,11,13,17H,2,6-7H2,1H3,(H,24,25);3-5,9H,1-2H3/t11-,13?,17?;/m1./s1. The summed E-state index contributed by atoms with van der Waals surface area (Å²) in [6, 6.07) is 9.26. The number of esters is 1. The molecule has 3 heterocycles. The van der Waals surface area contributed by atoms with Crippen LogP contribution in [0.25, 0.3) is 0 Å². The van der Waals surface area contributed by atoms with E-state index in [-0.39, 0.29) is 53.4 Å². The molecule has 0 radical (unpaired) electrons. The number of aromatic hydroxyl groups is 1. The maximum Gasteiger partial charge on any atom is 0.309 e. The summed E-state index contributed by atoms with van der Waals surface area (Å²) in [5, 5.41) is 12.2. The van der Waals surface area contributed by atoms with Crippen LogP contribution in [0.3, 0.4) is 0 Å². The van der Waals surface area contributed by atoms with Crippen LogP contribution in [-0.4, -0.2) is 49.6 Å². The lowest BCUT2D eigenvalue weighted by molar-refractivity contribution is -0.141. The lowest BCUT2D eigenvalue weighted by Gasteiger charge is -2.34. The number of para-hydroxylation sites is 1. The van der Waals surface area contributed by atoms with Crippen molar-refractivity contribution in [2.24, 2.45) is 11.8 Å². The number of halogens is 2. The Morgan fingerprint density at radius 1 is 1.12 bits per heavy atom. The number of amides is 1. The van der Waals surface area contributed by atoms with Crippen molar-refractivity contribution in [3.63, 3.8) is 0 Å². The number of nitrogens with one attached hydrogen (secondary N) is 1. The second-order valence-corrected chi connectivity index (χ2v) is 9.72. The first kappa shape index (κ1) is 27.3. The summed E-state index contributed by atoms with van der Waals surface area (Å²) >= 11 is 6.07. The van der Waals surface area contributed by atoms with Gasteiger partial charge >= 0.3 is 5.97 Å². The van der Waals surface area contributed by atoms with Gasteiger partial charge in [0, 0.05) is 5.92 Å². The highest BCUT2D eigenvalue weighted by Gasteiger charge is 2.47. The number of hydrogen-bond donors (Lipinski definition) is 2. The molecular weight excluding hydrogens is 547 g/mol. The monoisotopic (exact) mass is 572 g/mol. The number of aromatic nitrogens is 1. The third kappa shape index (κ3) is 5.04. The molecular formula is C28H26ClFN2O8. The minimum absolute atomic E-state index is 0.0394. The number of methoxy groups -OCH3 is 2.